The summed E-state index contributed by atoms with van der Waals surface area (Å²) in [7, 11) is 0. The van der Waals surface area contributed by atoms with Gasteiger partial charge in [0.25, 0.3) is 0 Å². The number of hydrogen-bond acceptors (Lipinski definition) is 6. The molecule has 0 amide bonds. The van der Waals surface area contributed by atoms with E-state index >= 15 is 0 Å². The molecule has 2 aromatic heterocycles. The second kappa shape index (κ2) is 6.19. The van der Waals surface area contributed by atoms with E-state index in [1.807, 2.05) is 23.7 Å². The van der Waals surface area contributed by atoms with Crippen molar-refractivity contribution in [2.75, 3.05) is 23.7 Å². The van der Waals surface area contributed by atoms with Crippen LogP contribution in [0.3, 0.4) is 0 Å². The highest BCUT2D eigenvalue weighted by atomic mass is 32.1. The topological polar surface area (TPSA) is 67.1 Å². The third-order valence-corrected chi connectivity index (χ3v) is 4.33. The van der Waals surface area contributed by atoms with Gasteiger partial charge in [0.15, 0.2) is 5.13 Å². The van der Waals surface area contributed by atoms with E-state index in [0.29, 0.717) is 11.2 Å². The maximum absolute atomic E-state index is 5.64. The molecule has 1 saturated heterocycles. The van der Waals surface area contributed by atoms with Crippen LogP contribution in [0.5, 0.6) is 0 Å². The fraction of sp³-hybridized carbons (Fsp3) is 0.429. The van der Waals surface area contributed by atoms with Crippen LogP contribution in [-0.2, 0) is 6.54 Å². The lowest BCUT2D eigenvalue weighted by Crippen LogP contribution is -2.42. The highest BCUT2D eigenvalue weighted by molar-refractivity contribution is 7.13. The molecule has 0 unspecified atom stereocenters. The van der Waals surface area contributed by atoms with Gasteiger partial charge in [-0.1, -0.05) is 6.07 Å². The van der Waals surface area contributed by atoms with Crippen molar-refractivity contribution in [2.45, 2.75) is 25.4 Å². The lowest BCUT2D eigenvalue weighted by molar-refractivity contribution is 0.411. The standard InChI is InChI=1S/C14H19N5S/c15-14-18-12(10-20-14)9-17-11-4-7-19(8-5-11)13-3-1-2-6-16-13/h1-3,6,10-11,17H,4-5,7-9H2,(H2,15,18). The summed E-state index contributed by atoms with van der Waals surface area (Å²) >= 11 is 1.50. The third-order valence-electron chi connectivity index (χ3n) is 3.61. The summed E-state index contributed by atoms with van der Waals surface area (Å²) in [6.45, 7) is 2.91. The number of thiazole rings is 1. The number of nitrogens with two attached hydrogens (primary N) is 1. The van der Waals surface area contributed by atoms with Gasteiger partial charge in [0, 0.05) is 37.3 Å². The Labute approximate surface area is 122 Å². The van der Waals surface area contributed by atoms with E-state index < -0.39 is 0 Å². The molecule has 0 bridgehead atoms. The van der Waals surface area contributed by atoms with Crippen molar-refractivity contribution in [3.63, 3.8) is 0 Å². The SMILES string of the molecule is Nc1nc(CNC2CCN(c3ccccn3)CC2)cs1. The number of nitrogen functional groups attached to an aromatic ring is 1. The maximum Gasteiger partial charge on any atom is 0.180 e. The molecule has 0 saturated carbocycles. The molecule has 106 valence electrons. The number of anilines is 2. The second-order valence-corrected chi connectivity index (χ2v) is 5.90. The van der Waals surface area contributed by atoms with Crippen LogP contribution in [0.2, 0.25) is 0 Å². The number of nitrogens with one attached hydrogen (secondary N) is 1. The number of pyridine rings is 1. The Hall–Kier alpha value is -1.66. The second-order valence-electron chi connectivity index (χ2n) is 5.01. The molecular weight excluding hydrogens is 270 g/mol. The zero-order chi connectivity index (χ0) is 13.8. The predicted octanol–water partition coefficient (Wildman–Crippen LogP) is 1.88. The smallest absolute Gasteiger partial charge is 0.180 e. The molecule has 0 aromatic carbocycles. The summed E-state index contributed by atoms with van der Waals surface area (Å²) in [5.74, 6) is 1.08. The lowest BCUT2D eigenvalue weighted by atomic mass is 10.0. The molecule has 0 aliphatic carbocycles. The molecule has 6 heteroatoms. The molecule has 1 fully saturated rings. The summed E-state index contributed by atoms with van der Waals surface area (Å²) in [5.41, 5.74) is 6.68. The van der Waals surface area contributed by atoms with Gasteiger partial charge in [0.1, 0.15) is 5.82 Å². The van der Waals surface area contributed by atoms with Gasteiger partial charge in [-0.25, -0.2) is 9.97 Å². The molecule has 0 radical (unpaired) electrons. The minimum atomic E-state index is 0.554. The van der Waals surface area contributed by atoms with Gasteiger partial charge >= 0.3 is 0 Å². The Balaban J connectivity index is 1.47. The Bertz CT molecular complexity index is 534. The zero-order valence-electron chi connectivity index (χ0n) is 11.3. The normalized spacial score (nSPS) is 16.5. The van der Waals surface area contributed by atoms with Gasteiger partial charge in [-0.15, -0.1) is 11.3 Å². The van der Waals surface area contributed by atoms with Crippen molar-refractivity contribution < 1.29 is 0 Å². The molecule has 3 N–H and O–H groups in total. The van der Waals surface area contributed by atoms with Crippen molar-refractivity contribution in [2.24, 2.45) is 0 Å². The quantitative estimate of drug-likeness (QED) is 0.899. The van der Waals surface area contributed by atoms with Gasteiger partial charge in [0.2, 0.25) is 0 Å². The first-order valence-corrected chi connectivity index (χ1v) is 7.78. The largest absolute Gasteiger partial charge is 0.375 e. The van der Waals surface area contributed by atoms with Crippen LogP contribution in [0.25, 0.3) is 0 Å². The predicted molar refractivity (Wildman–Crippen MR) is 82.8 cm³/mol. The number of piperidine rings is 1. The van der Waals surface area contributed by atoms with Crippen LogP contribution in [-0.4, -0.2) is 29.1 Å². The van der Waals surface area contributed by atoms with E-state index in [2.05, 4.69) is 26.3 Å². The zero-order valence-corrected chi connectivity index (χ0v) is 12.1. The monoisotopic (exact) mass is 289 g/mol. The van der Waals surface area contributed by atoms with Gasteiger partial charge in [-0.3, -0.25) is 0 Å². The fourth-order valence-corrected chi connectivity index (χ4v) is 3.07. The van der Waals surface area contributed by atoms with E-state index in [1.54, 1.807) is 0 Å². The number of nitrogens with zero attached hydrogens (tertiary/aromatic N) is 3. The first-order valence-electron chi connectivity index (χ1n) is 6.90. The summed E-state index contributed by atoms with van der Waals surface area (Å²) in [6.07, 6.45) is 4.12. The average Bonchev–Trinajstić information content (AvgIpc) is 2.92. The first-order chi connectivity index (χ1) is 9.81. The molecule has 3 heterocycles. The van der Waals surface area contributed by atoms with Gasteiger partial charge in [0.05, 0.1) is 5.69 Å². The summed E-state index contributed by atoms with van der Waals surface area (Å²) < 4.78 is 0. The summed E-state index contributed by atoms with van der Waals surface area (Å²) in [5, 5.41) is 6.23. The van der Waals surface area contributed by atoms with Crippen LogP contribution >= 0.6 is 11.3 Å². The summed E-state index contributed by atoms with van der Waals surface area (Å²) in [4.78, 5) is 11.0. The highest BCUT2D eigenvalue weighted by Crippen LogP contribution is 2.18. The van der Waals surface area contributed by atoms with Gasteiger partial charge < -0.3 is 16.0 Å². The molecule has 0 atom stereocenters. The fourth-order valence-electron chi connectivity index (χ4n) is 2.51. The molecule has 5 nitrogen and oxygen atoms in total. The Morgan fingerprint density at radius 1 is 1.35 bits per heavy atom. The molecule has 3 rings (SSSR count). The molecule has 20 heavy (non-hydrogen) atoms. The van der Waals surface area contributed by atoms with Crippen LogP contribution < -0.4 is 16.0 Å². The van der Waals surface area contributed by atoms with E-state index in [1.165, 1.54) is 11.3 Å². The van der Waals surface area contributed by atoms with E-state index in [9.17, 15) is 0 Å². The highest BCUT2D eigenvalue weighted by Gasteiger charge is 2.19. The minimum absolute atomic E-state index is 0.554. The Morgan fingerprint density at radius 3 is 2.85 bits per heavy atom. The van der Waals surface area contributed by atoms with Crippen LogP contribution in [0, 0.1) is 0 Å². The summed E-state index contributed by atoms with van der Waals surface area (Å²) in [6, 6.07) is 6.63. The first kappa shape index (κ1) is 13.3. The Morgan fingerprint density at radius 2 is 2.20 bits per heavy atom. The molecule has 1 aliphatic rings. The molecular formula is C14H19N5S. The van der Waals surface area contributed by atoms with Crippen molar-refractivity contribution in [1.82, 2.24) is 15.3 Å². The van der Waals surface area contributed by atoms with E-state index in [-0.39, 0.29) is 0 Å². The van der Waals surface area contributed by atoms with Crippen molar-refractivity contribution >= 4 is 22.3 Å². The maximum atomic E-state index is 5.64. The van der Waals surface area contributed by atoms with E-state index in [0.717, 1.165) is 44.0 Å². The molecule has 0 spiro atoms. The number of rotatable bonds is 4. The van der Waals surface area contributed by atoms with Crippen LogP contribution in [0.4, 0.5) is 10.9 Å². The Kier molecular flexibility index (Phi) is 4.13. The van der Waals surface area contributed by atoms with Gasteiger partial charge in [-0.2, -0.15) is 0 Å². The van der Waals surface area contributed by atoms with E-state index in [4.69, 9.17) is 5.73 Å². The molecule has 1 aliphatic heterocycles. The lowest BCUT2D eigenvalue weighted by Gasteiger charge is -2.33. The van der Waals surface area contributed by atoms with Crippen molar-refractivity contribution in [3.05, 3.63) is 35.5 Å². The third kappa shape index (κ3) is 3.26. The average molecular weight is 289 g/mol. The number of hydrogen-bond donors (Lipinski definition) is 2. The van der Waals surface area contributed by atoms with Crippen molar-refractivity contribution in [1.29, 1.82) is 0 Å². The number of aromatic nitrogens is 2. The molecule has 2 aromatic rings. The van der Waals surface area contributed by atoms with Gasteiger partial charge in [-0.05, 0) is 25.0 Å². The van der Waals surface area contributed by atoms with Crippen LogP contribution in [0.15, 0.2) is 29.8 Å². The van der Waals surface area contributed by atoms with Crippen LogP contribution in [0.1, 0.15) is 18.5 Å². The van der Waals surface area contributed by atoms with Crippen molar-refractivity contribution in [3.8, 4) is 0 Å². The minimum Gasteiger partial charge on any atom is -0.375 e.